The molecule has 0 unspecified atom stereocenters. The fourth-order valence-electron chi connectivity index (χ4n) is 1.96. The molecule has 0 aliphatic heterocycles. The molecule has 0 radical (unpaired) electrons. The highest BCUT2D eigenvalue weighted by molar-refractivity contribution is 9.10. The first-order valence-corrected chi connectivity index (χ1v) is 6.29. The lowest BCUT2D eigenvalue weighted by Crippen LogP contribution is -2.39. The van der Waals surface area contributed by atoms with E-state index in [0.29, 0.717) is 6.54 Å². The Kier molecular flexibility index (Phi) is 3.69. The van der Waals surface area contributed by atoms with Gasteiger partial charge in [0.2, 0.25) is 0 Å². The number of hydroxylamine groups is 1. The number of amides is 2. The average Bonchev–Trinajstić information content (AvgIpc) is 3.09. The number of benzene rings is 1. The number of carbonyl (C=O) groups excluding carboxylic acids is 1. The summed E-state index contributed by atoms with van der Waals surface area (Å²) in [5, 5.41) is 2.82. The summed E-state index contributed by atoms with van der Waals surface area (Å²) in [6.07, 6.45) is 2.20. The molecule has 0 spiro atoms. The molecule has 1 aliphatic carbocycles. The number of rotatable bonds is 4. The van der Waals surface area contributed by atoms with E-state index in [2.05, 4.69) is 37.6 Å². The average molecular weight is 299 g/mol. The number of urea groups is 1. The third kappa shape index (κ3) is 2.79. The number of halogens is 1. The lowest BCUT2D eigenvalue weighted by atomic mass is 9.96. The Labute approximate surface area is 109 Å². The van der Waals surface area contributed by atoms with Crippen LogP contribution in [0.1, 0.15) is 18.4 Å². The van der Waals surface area contributed by atoms with Crippen LogP contribution in [0.25, 0.3) is 0 Å². The zero-order chi connectivity index (χ0) is 12.3. The van der Waals surface area contributed by atoms with Gasteiger partial charge in [-0.3, -0.25) is 4.84 Å². The summed E-state index contributed by atoms with van der Waals surface area (Å²) in [6, 6.07) is 7.85. The molecule has 0 aromatic heterocycles. The van der Waals surface area contributed by atoms with Gasteiger partial charge in [-0.15, -0.1) is 0 Å². The van der Waals surface area contributed by atoms with Gasteiger partial charge in [-0.05, 0) is 24.5 Å². The van der Waals surface area contributed by atoms with Crippen LogP contribution in [-0.2, 0) is 10.3 Å². The first-order chi connectivity index (χ1) is 8.18. The van der Waals surface area contributed by atoms with E-state index in [9.17, 15) is 4.79 Å². The van der Waals surface area contributed by atoms with E-state index in [1.165, 1.54) is 12.7 Å². The summed E-state index contributed by atoms with van der Waals surface area (Å²) in [5.41, 5.74) is 3.60. The van der Waals surface area contributed by atoms with Crippen molar-refractivity contribution in [2.75, 3.05) is 13.7 Å². The first kappa shape index (κ1) is 12.4. The van der Waals surface area contributed by atoms with E-state index in [1.54, 1.807) is 0 Å². The van der Waals surface area contributed by atoms with Gasteiger partial charge in [-0.25, -0.2) is 10.3 Å². The lowest BCUT2D eigenvalue weighted by Gasteiger charge is -2.18. The maximum atomic E-state index is 11.3. The molecular formula is C12H15BrN2O2. The second-order valence-electron chi connectivity index (χ2n) is 4.25. The third-order valence-corrected chi connectivity index (χ3v) is 3.77. The SMILES string of the molecule is CONC(=O)NCC1(c2ccccc2Br)CC1. The maximum absolute atomic E-state index is 11.3. The molecule has 1 aromatic rings. The first-order valence-electron chi connectivity index (χ1n) is 5.50. The topological polar surface area (TPSA) is 50.4 Å². The Morgan fingerprint density at radius 3 is 2.76 bits per heavy atom. The van der Waals surface area contributed by atoms with Crippen molar-refractivity contribution in [3.8, 4) is 0 Å². The van der Waals surface area contributed by atoms with Crippen LogP contribution < -0.4 is 10.8 Å². The van der Waals surface area contributed by atoms with Gasteiger partial charge in [-0.1, -0.05) is 34.1 Å². The lowest BCUT2D eigenvalue weighted by molar-refractivity contribution is 0.107. The Balaban J connectivity index is 2.01. The van der Waals surface area contributed by atoms with Crippen molar-refractivity contribution in [2.45, 2.75) is 18.3 Å². The Morgan fingerprint density at radius 2 is 2.18 bits per heavy atom. The fourth-order valence-corrected chi connectivity index (χ4v) is 2.67. The second-order valence-corrected chi connectivity index (χ2v) is 5.10. The molecule has 0 heterocycles. The van der Waals surface area contributed by atoms with Crippen LogP contribution in [-0.4, -0.2) is 19.7 Å². The van der Waals surface area contributed by atoms with Crippen LogP contribution >= 0.6 is 15.9 Å². The summed E-state index contributed by atoms with van der Waals surface area (Å²) >= 11 is 3.56. The molecular weight excluding hydrogens is 284 g/mol. The molecule has 1 fully saturated rings. The van der Waals surface area contributed by atoms with Crippen molar-refractivity contribution in [1.29, 1.82) is 0 Å². The van der Waals surface area contributed by atoms with Gasteiger partial charge < -0.3 is 5.32 Å². The van der Waals surface area contributed by atoms with Crippen LogP contribution in [0.5, 0.6) is 0 Å². The molecule has 0 atom stereocenters. The largest absolute Gasteiger partial charge is 0.338 e. The van der Waals surface area contributed by atoms with Gasteiger partial charge in [0.05, 0.1) is 7.11 Å². The van der Waals surface area contributed by atoms with E-state index in [-0.39, 0.29) is 11.4 Å². The molecule has 1 saturated carbocycles. The molecule has 1 aromatic carbocycles. The highest BCUT2D eigenvalue weighted by Crippen LogP contribution is 2.49. The molecule has 1 aliphatic rings. The molecule has 2 amide bonds. The molecule has 0 bridgehead atoms. The molecule has 17 heavy (non-hydrogen) atoms. The standard InChI is InChI=1S/C12H15BrN2O2/c1-17-15-11(16)14-8-12(6-7-12)9-4-2-3-5-10(9)13/h2-5H,6-8H2,1H3,(H2,14,15,16). The van der Waals surface area contributed by atoms with E-state index >= 15 is 0 Å². The predicted octanol–water partition coefficient (Wildman–Crippen LogP) is 2.34. The quantitative estimate of drug-likeness (QED) is 0.838. The monoisotopic (exact) mass is 298 g/mol. The minimum Gasteiger partial charge on any atom is -0.335 e. The molecule has 0 saturated heterocycles. The van der Waals surface area contributed by atoms with Crippen molar-refractivity contribution in [3.05, 3.63) is 34.3 Å². The van der Waals surface area contributed by atoms with Crippen LogP contribution in [0.15, 0.2) is 28.7 Å². The number of carbonyl (C=O) groups is 1. The van der Waals surface area contributed by atoms with Gasteiger partial charge in [0.25, 0.3) is 0 Å². The second kappa shape index (κ2) is 5.06. The van der Waals surface area contributed by atoms with Gasteiger partial charge in [0, 0.05) is 16.4 Å². The molecule has 2 N–H and O–H groups in total. The third-order valence-electron chi connectivity index (χ3n) is 3.08. The Hall–Kier alpha value is -1.07. The molecule has 5 heteroatoms. The van der Waals surface area contributed by atoms with Gasteiger partial charge in [-0.2, -0.15) is 0 Å². The zero-order valence-corrected chi connectivity index (χ0v) is 11.2. The maximum Gasteiger partial charge on any atom is 0.338 e. The molecule has 4 nitrogen and oxygen atoms in total. The highest BCUT2D eigenvalue weighted by Gasteiger charge is 2.45. The Morgan fingerprint density at radius 1 is 1.47 bits per heavy atom. The van der Waals surface area contributed by atoms with Crippen molar-refractivity contribution >= 4 is 22.0 Å². The van der Waals surface area contributed by atoms with Crippen LogP contribution in [0.3, 0.4) is 0 Å². The van der Waals surface area contributed by atoms with E-state index < -0.39 is 0 Å². The van der Waals surface area contributed by atoms with E-state index in [4.69, 9.17) is 0 Å². The normalized spacial score (nSPS) is 16.4. The van der Waals surface area contributed by atoms with Crippen molar-refractivity contribution in [2.24, 2.45) is 0 Å². The fraction of sp³-hybridized carbons (Fsp3) is 0.417. The van der Waals surface area contributed by atoms with Crippen LogP contribution in [0.2, 0.25) is 0 Å². The minimum atomic E-state index is -0.300. The highest BCUT2D eigenvalue weighted by atomic mass is 79.9. The van der Waals surface area contributed by atoms with Crippen LogP contribution in [0, 0.1) is 0 Å². The van der Waals surface area contributed by atoms with E-state index in [1.807, 2.05) is 18.2 Å². The summed E-state index contributed by atoms with van der Waals surface area (Å²) < 4.78 is 1.10. The predicted molar refractivity (Wildman–Crippen MR) is 68.6 cm³/mol. The molecule has 92 valence electrons. The minimum absolute atomic E-state index is 0.0885. The zero-order valence-electron chi connectivity index (χ0n) is 9.63. The summed E-state index contributed by atoms with van der Waals surface area (Å²) in [6.45, 7) is 0.630. The number of hydrogen-bond donors (Lipinski definition) is 2. The van der Waals surface area contributed by atoms with Gasteiger partial charge in [0.1, 0.15) is 0 Å². The van der Waals surface area contributed by atoms with E-state index in [0.717, 1.165) is 17.3 Å². The molecule has 2 rings (SSSR count). The van der Waals surface area contributed by atoms with Crippen LogP contribution in [0.4, 0.5) is 4.79 Å². The number of hydrogen-bond acceptors (Lipinski definition) is 2. The summed E-state index contributed by atoms with van der Waals surface area (Å²) in [5.74, 6) is 0. The summed E-state index contributed by atoms with van der Waals surface area (Å²) in [4.78, 5) is 15.8. The Bertz CT molecular complexity index is 419. The number of nitrogens with one attached hydrogen (secondary N) is 2. The van der Waals surface area contributed by atoms with Crippen molar-refractivity contribution in [1.82, 2.24) is 10.8 Å². The van der Waals surface area contributed by atoms with Crippen molar-refractivity contribution in [3.63, 3.8) is 0 Å². The van der Waals surface area contributed by atoms with Crippen molar-refractivity contribution < 1.29 is 9.63 Å². The smallest absolute Gasteiger partial charge is 0.335 e. The summed E-state index contributed by atoms with van der Waals surface area (Å²) in [7, 11) is 1.42. The van der Waals surface area contributed by atoms with Gasteiger partial charge >= 0.3 is 6.03 Å². The van der Waals surface area contributed by atoms with Gasteiger partial charge in [0.15, 0.2) is 0 Å².